The van der Waals surface area contributed by atoms with E-state index in [0.717, 1.165) is 12.8 Å². The monoisotopic (exact) mass is 256 g/mol. The van der Waals surface area contributed by atoms with Crippen LogP contribution in [0.1, 0.15) is 73.6 Å². The molecule has 2 atom stereocenters. The Balaban J connectivity index is 4.29. The number of hydrogen-bond donors (Lipinski definition) is 0. The average Bonchev–Trinajstić information content (AvgIpc) is 2.37. The van der Waals surface area contributed by atoms with Gasteiger partial charge in [-0.1, -0.05) is 53.9 Å². The first-order valence-corrected chi connectivity index (χ1v) is 7.59. The van der Waals surface area contributed by atoms with Gasteiger partial charge in [0, 0.05) is 0 Å². The Morgan fingerprint density at radius 1 is 1.22 bits per heavy atom. The van der Waals surface area contributed by atoms with Crippen LogP contribution in [0.25, 0.3) is 0 Å². The third-order valence-corrected chi connectivity index (χ3v) is 4.47. The fourth-order valence-corrected chi connectivity index (χ4v) is 2.04. The molecule has 0 spiro atoms. The predicted molar refractivity (Wildman–Crippen MR) is 77.5 cm³/mol. The summed E-state index contributed by atoms with van der Waals surface area (Å²) in [5.74, 6) is 0.836. The molecule has 2 heteroatoms. The standard InChI is InChI=1S/C16H32O2/c1-7-10-11-14(8-2)12-18-15(17)16(6,9-3)13(4)5/h13-14H,7-12H2,1-6H3. The Kier molecular flexibility index (Phi) is 8.30. The van der Waals surface area contributed by atoms with Crippen LogP contribution in [0.2, 0.25) is 0 Å². The first-order chi connectivity index (χ1) is 8.42. The highest BCUT2D eigenvalue weighted by atomic mass is 16.5. The van der Waals surface area contributed by atoms with Crippen LogP contribution in [0.4, 0.5) is 0 Å². The lowest BCUT2D eigenvalue weighted by molar-refractivity contribution is -0.159. The van der Waals surface area contributed by atoms with Gasteiger partial charge in [-0.2, -0.15) is 0 Å². The Labute approximate surface area is 113 Å². The molecule has 0 fully saturated rings. The zero-order chi connectivity index (χ0) is 14.2. The van der Waals surface area contributed by atoms with Crippen molar-refractivity contribution < 1.29 is 9.53 Å². The summed E-state index contributed by atoms with van der Waals surface area (Å²) in [4.78, 5) is 12.2. The van der Waals surface area contributed by atoms with Gasteiger partial charge in [0.25, 0.3) is 0 Å². The van der Waals surface area contributed by atoms with Crippen molar-refractivity contribution in [3.05, 3.63) is 0 Å². The maximum absolute atomic E-state index is 12.2. The molecule has 0 aliphatic heterocycles. The summed E-state index contributed by atoms with van der Waals surface area (Å²) in [5.41, 5.74) is -0.330. The molecule has 0 aromatic carbocycles. The highest BCUT2D eigenvalue weighted by Gasteiger charge is 2.36. The van der Waals surface area contributed by atoms with Crippen LogP contribution < -0.4 is 0 Å². The Hall–Kier alpha value is -0.530. The Morgan fingerprint density at radius 3 is 2.22 bits per heavy atom. The molecule has 0 aliphatic carbocycles. The topological polar surface area (TPSA) is 26.3 Å². The lowest BCUT2D eigenvalue weighted by atomic mass is 9.77. The molecule has 0 amide bonds. The number of ether oxygens (including phenoxy) is 1. The molecule has 2 unspecified atom stereocenters. The molecule has 0 rings (SSSR count). The van der Waals surface area contributed by atoms with E-state index in [1.807, 2.05) is 6.92 Å². The third-order valence-electron chi connectivity index (χ3n) is 4.47. The minimum Gasteiger partial charge on any atom is -0.465 e. The van der Waals surface area contributed by atoms with Crippen LogP contribution in [0.15, 0.2) is 0 Å². The SMILES string of the molecule is CCCCC(CC)COC(=O)C(C)(CC)C(C)C. The van der Waals surface area contributed by atoms with Gasteiger partial charge in [0.2, 0.25) is 0 Å². The molecular formula is C16H32O2. The minimum absolute atomic E-state index is 0.0186. The summed E-state index contributed by atoms with van der Waals surface area (Å²) in [6.07, 6.45) is 5.55. The van der Waals surface area contributed by atoms with Gasteiger partial charge in [-0.25, -0.2) is 0 Å². The predicted octanol–water partition coefficient (Wildman–Crippen LogP) is 4.82. The van der Waals surface area contributed by atoms with E-state index in [9.17, 15) is 4.79 Å². The largest absolute Gasteiger partial charge is 0.465 e. The average molecular weight is 256 g/mol. The van der Waals surface area contributed by atoms with E-state index in [1.165, 1.54) is 19.3 Å². The van der Waals surface area contributed by atoms with Crippen LogP contribution >= 0.6 is 0 Å². The molecule has 0 saturated carbocycles. The summed E-state index contributed by atoms with van der Waals surface area (Å²) >= 11 is 0. The van der Waals surface area contributed by atoms with Crippen molar-refractivity contribution in [1.82, 2.24) is 0 Å². The molecule has 0 heterocycles. The van der Waals surface area contributed by atoms with Crippen LogP contribution in [-0.2, 0) is 9.53 Å². The van der Waals surface area contributed by atoms with Gasteiger partial charge in [0.1, 0.15) is 0 Å². The summed E-state index contributed by atoms with van der Waals surface area (Å²) < 4.78 is 5.57. The fraction of sp³-hybridized carbons (Fsp3) is 0.938. The molecule has 0 aliphatic rings. The normalized spacial score (nSPS) is 16.4. The first-order valence-electron chi connectivity index (χ1n) is 7.59. The molecule has 108 valence electrons. The molecule has 0 aromatic rings. The maximum Gasteiger partial charge on any atom is 0.312 e. The number of rotatable bonds is 9. The highest BCUT2D eigenvalue weighted by Crippen LogP contribution is 2.32. The Morgan fingerprint density at radius 2 is 1.83 bits per heavy atom. The van der Waals surface area contributed by atoms with Crippen LogP contribution in [-0.4, -0.2) is 12.6 Å². The van der Waals surface area contributed by atoms with Gasteiger partial charge < -0.3 is 4.74 Å². The number of esters is 1. The van der Waals surface area contributed by atoms with Crippen molar-refractivity contribution in [2.24, 2.45) is 17.3 Å². The molecule has 0 aromatic heterocycles. The van der Waals surface area contributed by atoms with Crippen molar-refractivity contribution in [3.8, 4) is 0 Å². The van der Waals surface area contributed by atoms with Crippen molar-refractivity contribution >= 4 is 5.97 Å². The highest BCUT2D eigenvalue weighted by molar-refractivity contribution is 5.76. The van der Waals surface area contributed by atoms with E-state index in [1.54, 1.807) is 0 Å². The van der Waals surface area contributed by atoms with Gasteiger partial charge in [0.15, 0.2) is 0 Å². The van der Waals surface area contributed by atoms with Crippen molar-refractivity contribution in [2.45, 2.75) is 73.6 Å². The molecule has 0 radical (unpaired) electrons. The zero-order valence-electron chi connectivity index (χ0n) is 13.2. The third kappa shape index (κ3) is 4.99. The van der Waals surface area contributed by atoms with E-state index in [4.69, 9.17) is 4.74 Å². The van der Waals surface area contributed by atoms with E-state index >= 15 is 0 Å². The van der Waals surface area contributed by atoms with Crippen molar-refractivity contribution in [2.75, 3.05) is 6.61 Å². The van der Waals surface area contributed by atoms with Crippen LogP contribution in [0.3, 0.4) is 0 Å². The quantitative estimate of drug-likeness (QED) is 0.553. The number of unbranched alkanes of at least 4 members (excludes halogenated alkanes) is 1. The van der Waals surface area contributed by atoms with E-state index in [0.29, 0.717) is 18.4 Å². The number of carbonyl (C=O) groups excluding carboxylic acids is 1. The molecule has 0 bridgehead atoms. The lowest BCUT2D eigenvalue weighted by Crippen LogP contribution is -2.35. The first kappa shape index (κ1) is 17.5. The van der Waals surface area contributed by atoms with Gasteiger partial charge in [-0.3, -0.25) is 4.79 Å². The van der Waals surface area contributed by atoms with Gasteiger partial charge in [0.05, 0.1) is 12.0 Å². The van der Waals surface area contributed by atoms with Gasteiger partial charge in [-0.15, -0.1) is 0 Å². The fourth-order valence-electron chi connectivity index (χ4n) is 2.04. The summed E-state index contributed by atoms with van der Waals surface area (Å²) in [6, 6.07) is 0. The second kappa shape index (κ2) is 8.55. The smallest absolute Gasteiger partial charge is 0.312 e. The second-order valence-electron chi connectivity index (χ2n) is 5.94. The molecule has 0 N–H and O–H groups in total. The van der Waals surface area contributed by atoms with Crippen molar-refractivity contribution in [1.29, 1.82) is 0 Å². The molecule has 0 saturated heterocycles. The minimum atomic E-state index is -0.330. The molecular weight excluding hydrogens is 224 g/mol. The Bertz CT molecular complexity index is 235. The lowest BCUT2D eigenvalue weighted by Gasteiger charge is -2.30. The van der Waals surface area contributed by atoms with Gasteiger partial charge >= 0.3 is 5.97 Å². The van der Waals surface area contributed by atoms with E-state index in [2.05, 4.69) is 34.6 Å². The summed E-state index contributed by atoms with van der Waals surface area (Å²) in [7, 11) is 0. The number of carbonyl (C=O) groups is 1. The number of hydrogen-bond acceptors (Lipinski definition) is 2. The second-order valence-corrected chi connectivity index (χ2v) is 5.94. The van der Waals surface area contributed by atoms with E-state index in [-0.39, 0.29) is 11.4 Å². The van der Waals surface area contributed by atoms with E-state index < -0.39 is 0 Å². The van der Waals surface area contributed by atoms with Crippen LogP contribution in [0.5, 0.6) is 0 Å². The summed E-state index contributed by atoms with van der Waals surface area (Å²) in [5, 5.41) is 0. The zero-order valence-corrected chi connectivity index (χ0v) is 13.2. The van der Waals surface area contributed by atoms with Crippen molar-refractivity contribution in [3.63, 3.8) is 0 Å². The van der Waals surface area contributed by atoms with Gasteiger partial charge in [-0.05, 0) is 31.6 Å². The summed E-state index contributed by atoms with van der Waals surface area (Å²) in [6.45, 7) is 13.2. The molecule has 2 nitrogen and oxygen atoms in total. The maximum atomic E-state index is 12.2. The molecule has 18 heavy (non-hydrogen) atoms. The van der Waals surface area contributed by atoms with Crippen LogP contribution in [0, 0.1) is 17.3 Å².